The van der Waals surface area contributed by atoms with Crippen LogP contribution in [0.2, 0.25) is 0 Å². The first-order chi connectivity index (χ1) is 7.81. The van der Waals surface area contributed by atoms with Crippen LogP contribution in [0, 0.1) is 0 Å². The van der Waals surface area contributed by atoms with E-state index in [-0.39, 0.29) is 0 Å². The quantitative estimate of drug-likeness (QED) is 0.727. The molecule has 2 aromatic rings. The molecule has 1 unspecified atom stereocenters. The van der Waals surface area contributed by atoms with Crippen LogP contribution in [-0.4, -0.2) is 16.6 Å². The number of hydrogen-bond donors (Lipinski definition) is 3. The van der Waals surface area contributed by atoms with Crippen molar-refractivity contribution in [3.05, 3.63) is 59.4 Å². The number of H-pyrrole nitrogens is 1. The van der Waals surface area contributed by atoms with Gasteiger partial charge >= 0.3 is 0 Å². The Balaban J connectivity index is 2.23. The molecule has 0 aliphatic carbocycles. The van der Waals surface area contributed by atoms with Crippen LogP contribution in [-0.2, 0) is 6.42 Å². The molecule has 0 aliphatic heterocycles. The largest absolute Gasteiger partial charge is 0.384 e. The average molecular weight is 216 g/mol. The number of aromatic nitrogens is 1. The highest BCUT2D eigenvalue weighted by molar-refractivity contribution is 5.31. The molecule has 16 heavy (non-hydrogen) atoms. The lowest BCUT2D eigenvalue weighted by Crippen LogP contribution is -2.04. The van der Waals surface area contributed by atoms with Gasteiger partial charge in [-0.3, -0.25) is 0 Å². The van der Waals surface area contributed by atoms with E-state index >= 15 is 0 Å². The lowest BCUT2D eigenvalue weighted by molar-refractivity contribution is 0.220. The molecular weight excluding hydrogens is 200 g/mol. The molecule has 2 rings (SSSR count). The van der Waals surface area contributed by atoms with Crippen LogP contribution in [0.25, 0.3) is 0 Å². The number of nitrogens with one attached hydrogen (secondary N) is 1. The number of aliphatic hydroxyl groups is 1. The second-order valence-corrected chi connectivity index (χ2v) is 3.83. The fourth-order valence-electron chi connectivity index (χ4n) is 1.78. The SMILES string of the molecule is NCCc1cccc(C(O)c2cc[nH]c2)c1. The van der Waals surface area contributed by atoms with Crippen molar-refractivity contribution in [2.45, 2.75) is 12.5 Å². The zero-order valence-corrected chi connectivity index (χ0v) is 9.06. The lowest BCUT2D eigenvalue weighted by atomic mass is 10.0. The number of aromatic amines is 1. The molecule has 3 nitrogen and oxygen atoms in total. The van der Waals surface area contributed by atoms with Crippen molar-refractivity contribution >= 4 is 0 Å². The summed E-state index contributed by atoms with van der Waals surface area (Å²) in [5.41, 5.74) is 8.46. The summed E-state index contributed by atoms with van der Waals surface area (Å²) in [6, 6.07) is 9.79. The summed E-state index contributed by atoms with van der Waals surface area (Å²) in [4.78, 5) is 2.94. The van der Waals surface area contributed by atoms with Gasteiger partial charge in [-0.15, -0.1) is 0 Å². The highest BCUT2D eigenvalue weighted by Gasteiger charge is 2.10. The van der Waals surface area contributed by atoms with Crippen molar-refractivity contribution in [1.82, 2.24) is 4.98 Å². The Hall–Kier alpha value is -1.58. The normalized spacial score (nSPS) is 12.6. The Kier molecular flexibility index (Phi) is 3.39. The third-order valence-corrected chi connectivity index (χ3v) is 2.64. The van der Waals surface area contributed by atoms with Gasteiger partial charge in [0.1, 0.15) is 6.10 Å². The molecule has 0 fully saturated rings. The first-order valence-corrected chi connectivity index (χ1v) is 5.41. The third kappa shape index (κ3) is 2.32. The molecule has 0 saturated heterocycles. The fraction of sp³-hybridized carbons (Fsp3) is 0.231. The number of benzene rings is 1. The molecule has 1 heterocycles. The van der Waals surface area contributed by atoms with Crippen LogP contribution < -0.4 is 5.73 Å². The monoisotopic (exact) mass is 216 g/mol. The smallest absolute Gasteiger partial charge is 0.106 e. The van der Waals surface area contributed by atoms with Gasteiger partial charge < -0.3 is 15.8 Å². The molecule has 4 N–H and O–H groups in total. The van der Waals surface area contributed by atoms with E-state index in [1.807, 2.05) is 36.5 Å². The second kappa shape index (κ2) is 4.96. The van der Waals surface area contributed by atoms with Crippen LogP contribution in [0.3, 0.4) is 0 Å². The minimum Gasteiger partial charge on any atom is -0.384 e. The Morgan fingerprint density at radius 2 is 2.12 bits per heavy atom. The van der Waals surface area contributed by atoms with Crippen LogP contribution >= 0.6 is 0 Å². The Bertz CT molecular complexity index is 437. The fourth-order valence-corrected chi connectivity index (χ4v) is 1.78. The minimum absolute atomic E-state index is 0.566. The van der Waals surface area contributed by atoms with Gasteiger partial charge in [-0.05, 0) is 30.2 Å². The molecule has 84 valence electrons. The first-order valence-electron chi connectivity index (χ1n) is 5.41. The summed E-state index contributed by atoms with van der Waals surface area (Å²) < 4.78 is 0. The standard InChI is InChI=1S/C13H16N2O/c14-6-4-10-2-1-3-11(8-10)13(16)12-5-7-15-9-12/h1-3,5,7-9,13,15-16H,4,6,14H2. The van der Waals surface area contributed by atoms with Crippen molar-refractivity contribution in [1.29, 1.82) is 0 Å². The van der Waals surface area contributed by atoms with Gasteiger partial charge in [0.25, 0.3) is 0 Å². The van der Waals surface area contributed by atoms with Gasteiger partial charge in [0, 0.05) is 18.0 Å². The highest BCUT2D eigenvalue weighted by Crippen LogP contribution is 2.22. The maximum atomic E-state index is 10.1. The van der Waals surface area contributed by atoms with E-state index in [4.69, 9.17) is 5.73 Å². The second-order valence-electron chi connectivity index (χ2n) is 3.83. The van der Waals surface area contributed by atoms with Crippen molar-refractivity contribution < 1.29 is 5.11 Å². The summed E-state index contributed by atoms with van der Waals surface area (Å²) in [5.74, 6) is 0. The number of hydrogen-bond acceptors (Lipinski definition) is 2. The summed E-state index contributed by atoms with van der Waals surface area (Å²) in [5, 5.41) is 10.1. The van der Waals surface area contributed by atoms with Crippen molar-refractivity contribution in [3.8, 4) is 0 Å². The van der Waals surface area contributed by atoms with E-state index < -0.39 is 6.10 Å². The van der Waals surface area contributed by atoms with Gasteiger partial charge in [0.2, 0.25) is 0 Å². The summed E-state index contributed by atoms with van der Waals surface area (Å²) >= 11 is 0. The molecule has 1 aromatic carbocycles. The predicted octanol–water partition coefficient (Wildman–Crippen LogP) is 1.60. The molecule has 1 aromatic heterocycles. The third-order valence-electron chi connectivity index (χ3n) is 2.64. The van der Waals surface area contributed by atoms with Gasteiger partial charge in [0.15, 0.2) is 0 Å². The van der Waals surface area contributed by atoms with Crippen LogP contribution in [0.15, 0.2) is 42.7 Å². The molecule has 0 aliphatic rings. The highest BCUT2D eigenvalue weighted by atomic mass is 16.3. The van der Waals surface area contributed by atoms with E-state index in [1.165, 1.54) is 0 Å². The van der Waals surface area contributed by atoms with Crippen LogP contribution in [0.5, 0.6) is 0 Å². The van der Waals surface area contributed by atoms with E-state index in [1.54, 1.807) is 6.20 Å². The molecule has 3 heteroatoms. The Morgan fingerprint density at radius 1 is 1.25 bits per heavy atom. The summed E-state index contributed by atoms with van der Waals surface area (Å²) in [6.45, 7) is 0.629. The summed E-state index contributed by atoms with van der Waals surface area (Å²) in [7, 11) is 0. The minimum atomic E-state index is -0.566. The molecule has 0 spiro atoms. The molecule has 1 atom stereocenters. The zero-order chi connectivity index (χ0) is 11.4. The number of rotatable bonds is 4. The van der Waals surface area contributed by atoms with E-state index in [2.05, 4.69) is 4.98 Å². The molecular formula is C13H16N2O. The molecule has 0 saturated carbocycles. The van der Waals surface area contributed by atoms with Gasteiger partial charge in [-0.1, -0.05) is 24.3 Å². The van der Waals surface area contributed by atoms with Crippen LogP contribution in [0.4, 0.5) is 0 Å². The first kappa shape index (κ1) is 10.9. The molecule has 0 amide bonds. The lowest BCUT2D eigenvalue weighted by Gasteiger charge is -2.10. The van der Waals surface area contributed by atoms with E-state index in [0.717, 1.165) is 23.1 Å². The average Bonchev–Trinajstić information content (AvgIpc) is 2.82. The summed E-state index contributed by atoms with van der Waals surface area (Å²) in [6.07, 6.45) is 3.89. The number of nitrogens with two attached hydrogens (primary N) is 1. The van der Waals surface area contributed by atoms with Crippen LogP contribution in [0.1, 0.15) is 22.8 Å². The zero-order valence-electron chi connectivity index (χ0n) is 9.06. The molecule has 0 radical (unpaired) electrons. The number of aliphatic hydroxyl groups excluding tert-OH is 1. The topological polar surface area (TPSA) is 62.0 Å². The van der Waals surface area contributed by atoms with Gasteiger partial charge in [-0.2, -0.15) is 0 Å². The maximum absolute atomic E-state index is 10.1. The van der Waals surface area contributed by atoms with E-state index in [9.17, 15) is 5.11 Å². The predicted molar refractivity (Wildman–Crippen MR) is 64.1 cm³/mol. The Morgan fingerprint density at radius 3 is 2.81 bits per heavy atom. The molecule has 0 bridgehead atoms. The van der Waals surface area contributed by atoms with E-state index in [0.29, 0.717) is 6.54 Å². The van der Waals surface area contributed by atoms with Gasteiger partial charge in [0.05, 0.1) is 0 Å². The van der Waals surface area contributed by atoms with Crippen molar-refractivity contribution in [2.75, 3.05) is 6.54 Å². The van der Waals surface area contributed by atoms with Crippen molar-refractivity contribution in [3.63, 3.8) is 0 Å². The Labute approximate surface area is 94.9 Å². The maximum Gasteiger partial charge on any atom is 0.106 e. The van der Waals surface area contributed by atoms with Gasteiger partial charge in [-0.25, -0.2) is 0 Å². The van der Waals surface area contributed by atoms with Crippen molar-refractivity contribution in [2.24, 2.45) is 5.73 Å².